The van der Waals surface area contributed by atoms with Gasteiger partial charge in [0.25, 0.3) is 5.91 Å². The molecule has 0 aromatic heterocycles. The van der Waals surface area contributed by atoms with Crippen molar-refractivity contribution >= 4 is 17.7 Å². The van der Waals surface area contributed by atoms with E-state index in [9.17, 15) is 19.5 Å². The Morgan fingerprint density at radius 3 is 1.88 bits per heavy atom. The lowest BCUT2D eigenvalue weighted by molar-refractivity contribution is -0.142. The van der Waals surface area contributed by atoms with E-state index in [1.54, 1.807) is 48.5 Å². The number of benzene rings is 2. The number of carbonyl (C=O) groups is 3. The zero-order chi connectivity index (χ0) is 19.3. The summed E-state index contributed by atoms with van der Waals surface area (Å²) in [6.07, 6.45) is 0.377. The first kappa shape index (κ1) is 19.4. The third kappa shape index (κ3) is 4.57. The van der Waals surface area contributed by atoms with Crippen molar-refractivity contribution in [2.75, 3.05) is 7.05 Å². The molecule has 0 saturated carbocycles. The molecule has 0 aliphatic rings. The number of likely N-dealkylation sites (N-methyl/N-ethyl adjacent to an activating group) is 1. The van der Waals surface area contributed by atoms with E-state index < -0.39 is 12.0 Å². The van der Waals surface area contributed by atoms with Crippen molar-refractivity contribution in [1.29, 1.82) is 0 Å². The molecule has 0 heterocycles. The van der Waals surface area contributed by atoms with E-state index in [1.807, 2.05) is 19.9 Å². The van der Waals surface area contributed by atoms with Crippen LogP contribution >= 0.6 is 0 Å². The van der Waals surface area contributed by atoms with Crippen molar-refractivity contribution in [2.24, 2.45) is 5.92 Å². The number of aliphatic carboxylic acids is 1. The first-order valence-corrected chi connectivity index (χ1v) is 8.51. The van der Waals surface area contributed by atoms with Gasteiger partial charge in [-0.05, 0) is 24.5 Å². The molecule has 1 N–H and O–H groups in total. The second-order valence-corrected chi connectivity index (χ2v) is 6.67. The molecule has 1 atom stereocenters. The summed E-state index contributed by atoms with van der Waals surface area (Å²) >= 11 is 0. The molecule has 0 aliphatic heterocycles. The van der Waals surface area contributed by atoms with Crippen LogP contribution in [0.3, 0.4) is 0 Å². The van der Waals surface area contributed by atoms with E-state index >= 15 is 0 Å². The van der Waals surface area contributed by atoms with E-state index in [4.69, 9.17) is 0 Å². The number of carboxylic acid groups (broad SMARTS) is 1. The molecule has 2 aromatic carbocycles. The fourth-order valence-corrected chi connectivity index (χ4v) is 2.74. The predicted molar refractivity (Wildman–Crippen MR) is 99.3 cm³/mol. The van der Waals surface area contributed by atoms with E-state index in [0.29, 0.717) is 23.1 Å². The minimum Gasteiger partial charge on any atom is -0.480 e. The lowest BCUT2D eigenvalue weighted by atomic mass is 10.0. The van der Waals surface area contributed by atoms with E-state index in [1.165, 1.54) is 11.9 Å². The quantitative estimate of drug-likeness (QED) is 0.773. The molecule has 0 spiro atoms. The Morgan fingerprint density at radius 2 is 1.38 bits per heavy atom. The highest BCUT2D eigenvalue weighted by Gasteiger charge is 2.28. The number of amides is 1. The maximum atomic E-state index is 12.6. The molecular formula is C21H23NO4. The Bertz CT molecular complexity index is 781. The fraction of sp³-hybridized carbons (Fsp3) is 0.286. The summed E-state index contributed by atoms with van der Waals surface area (Å²) in [6, 6.07) is 14.3. The third-order valence-electron chi connectivity index (χ3n) is 4.20. The predicted octanol–water partition coefficient (Wildman–Crippen LogP) is 3.49. The Kier molecular flexibility index (Phi) is 6.28. The number of carboxylic acids is 1. The molecule has 0 bridgehead atoms. The van der Waals surface area contributed by atoms with Gasteiger partial charge in [0, 0.05) is 23.7 Å². The van der Waals surface area contributed by atoms with Gasteiger partial charge in [-0.3, -0.25) is 9.59 Å². The number of rotatable bonds is 7. The van der Waals surface area contributed by atoms with E-state index in [2.05, 4.69) is 0 Å². The molecule has 26 heavy (non-hydrogen) atoms. The SMILES string of the molecule is CC(C)C[C@H](C(=O)O)N(C)C(=O)c1ccc(C(=O)c2ccccc2)cc1. The second kappa shape index (κ2) is 8.43. The van der Waals surface area contributed by atoms with Gasteiger partial charge in [-0.2, -0.15) is 0 Å². The number of nitrogens with zero attached hydrogens (tertiary/aromatic N) is 1. The van der Waals surface area contributed by atoms with Crippen molar-refractivity contribution in [3.8, 4) is 0 Å². The van der Waals surface area contributed by atoms with Crippen LogP contribution in [-0.2, 0) is 4.79 Å². The molecular weight excluding hydrogens is 330 g/mol. The number of hydrogen-bond donors (Lipinski definition) is 1. The molecule has 5 nitrogen and oxygen atoms in total. The molecule has 2 aromatic rings. The van der Waals surface area contributed by atoms with Crippen molar-refractivity contribution in [2.45, 2.75) is 26.3 Å². The van der Waals surface area contributed by atoms with Gasteiger partial charge < -0.3 is 10.0 Å². The van der Waals surface area contributed by atoms with Gasteiger partial charge in [0.05, 0.1) is 0 Å². The van der Waals surface area contributed by atoms with Crippen LogP contribution in [0.15, 0.2) is 54.6 Å². The van der Waals surface area contributed by atoms with Gasteiger partial charge in [-0.15, -0.1) is 0 Å². The van der Waals surface area contributed by atoms with Gasteiger partial charge in [0.15, 0.2) is 5.78 Å². The van der Waals surface area contributed by atoms with Gasteiger partial charge >= 0.3 is 5.97 Å². The fourth-order valence-electron chi connectivity index (χ4n) is 2.74. The monoisotopic (exact) mass is 353 g/mol. The summed E-state index contributed by atoms with van der Waals surface area (Å²) in [5.41, 5.74) is 1.41. The highest BCUT2D eigenvalue weighted by molar-refractivity contribution is 6.09. The van der Waals surface area contributed by atoms with Gasteiger partial charge in [0.2, 0.25) is 0 Å². The third-order valence-corrected chi connectivity index (χ3v) is 4.20. The maximum Gasteiger partial charge on any atom is 0.326 e. The molecule has 1 amide bonds. The number of ketones is 1. The average Bonchev–Trinajstić information content (AvgIpc) is 2.65. The lowest BCUT2D eigenvalue weighted by Crippen LogP contribution is -2.43. The molecule has 0 fully saturated rings. The molecule has 0 unspecified atom stereocenters. The van der Waals surface area contributed by atoms with Crippen LogP contribution in [-0.4, -0.2) is 40.8 Å². The van der Waals surface area contributed by atoms with Gasteiger partial charge in [0.1, 0.15) is 6.04 Å². The number of carbonyl (C=O) groups excluding carboxylic acids is 2. The molecule has 2 rings (SSSR count). The molecule has 0 saturated heterocycles. The zero-order valence-corrected chi connectivity index (χ0v) is 15.2. The van der Waals surface area contributed by atoms with Crippen LogP contribution < -0.4 is 0 Å². The lowest BCUT2D eigenvalue weighted by Gasteiger charge is -2.26. The summed E-state index contributed by atoms with van der Waals surface area (Å²) in [7, 11) is 1.49. The first-order chi connectivity index (χ1) is 12.3. The minimum absolute atomic E-state index is 0.124. The number of hydrogen-bond acceptors (Lipinski definition) is 3. The largest absolute Gasteiger partial charge is 0.480 e. The smallest absolute Gasteiger partial charge is 0.326 e. The van der Waals surface area contributed by atoms with E-state index in [-0.39, 0.29) is 17.6 Å². The summed E-state index contributed by atoms with van der Waals surface area (Å²) in [5.74, 6) is -1.37. The minimum atomic E-state index is -1.02. The highest BCUT2D eigenvalue weighted by Crippen LogP contribution is 2.16. The summed E-state index contributed by atoms with van der Waals surface area (Å²) in [5, 5.41) is 9.39. The Labute approximate surface area is 153 Å². The van der Waals surface area contributed by atoms with Crippen molar-refractivity contribution in [3.05, 3.63) is 71.3 Å². The van der Waals surface area contributed by atoms with E-state index in [0.717, 1.165) is 0 Å². The van der Waals surface area contributed by atoms with Gasteiger partial charge in [-0.25, -0.2) is 4.79 Å². The Hall–Kier alpha value is -2.95. The van der Waals surface area contributed by atoms with Crippen molar-refractivity contribution < 1.29 is 19.5 Å². The molecule has 0 radical (unpaired) electrons. The van der Waals surface area contributed by atoms with Crippen LogP contribution in [0, 0.1) is 5.92 Å². The van der Waals surface area contributed by atoms with Crippen LogP contribution in [0.1, 0.15) is 46.5 Å². The van der Waals surface area contributed by atoms with Crippen LogP contribution in [0.5, 0.6) is 0 Å². The highest BCUT2D eigenvalue weighted by atomic mass is 16.4. The van der Waals surface area contributed by atoms with Crippen LogP contribution in [0.4, 0.5) is 0 Å². The Balaban J connectivity index is 2.17. The summed E-state index contributed by atoms with van der Waals surface area (Å²) in [6.45, 7) is 3.83. The second-order valence-electron chi connectivity index (χ2n) is 6.67. The topological polar surface area (TPSA) is 74.7 Å². The summed E-state index contributed by atoms with van der Waals surface area (Å²) in [4.78, 5) is 37.7. The summed E-state index contributed by atoms with van der Waals surface area (Å²) < 4.78 is 0. The van der Waals surface area contributed by atoms with Gasteiger partial charge in [-0.1, -0.05) is 56.3 Å². The van der Waals surface area contributed by atoms with Crippen LogP contribution in [0.25, 0.3) is 0 Å². The van der Waals surface area contributed by atoms with Crippen molar-refractivity contribution in [1.82, 2.24) is 4.90 Å². The van der Waals surface area contributed by atoms with Crippen LogP contribution in [0.2, 0.25) is 0 Å². The molecule has 5 heteroatoms. The average molecular weight is 353 g/mol. The molecule has 0 aliphatic carbocycles. The first-order valence-electron chi connectivity index (χ1n) is 8.51. The zero-order valence-electron chi connectivity index (χ0n) is 15.2. The Morgan fingerprint density at radius 1 is 0.885 bits per heavy atom. The standard InChI is InChI=1S/C21H23NO4/c1-14(2)13-18(21(25)26)22(3)20(24)17-11-9-16(10-12-17)19(23)15-7-5-4-6-8-15/h4-12,14,18H,13H2,1-3H3,(H,25,26)/t18-/m1/s1. The van der Waals surface area contributed by atoms with Crippen molar-refractivity contribution in [3.63, 3.8) is 0 Å². The molecule has 136 valence electrons. The maximum absolute atomic E-state index is 12.6. The normalized spacial score (nSPS) is 11.8.